The molecule has 0 aliphatic heterocycles. The normalized spacial score (nSPS) is 12.7. The molecule has 2 aromatic rings. The number of hydrogen-bond acceptors (Lipinski definition) is 4. The lowest BCUT2D eigenvalue weighted by atomic mass is 10.1. The summed E-state index contributed by atoms with van der Waals surface area (Å²) in [5.41, 5.74) is 3.60. The summed E-state index contributed by atoms with van der Waals surface area (Å²) in [6.07, 6.45) is -0.455. The Morgan fingerprint density at radius 1 is 1.09 bits per heavy atom. The van der Waals surface area contributed by atoms with Crippen molar-refractivity contribution in [2.75, 3.05) is 19.7 Å². The number of ether oxygens (including phenoxy) is 1. The van der Waals surface area contributed by atoms with Gasteiger partial charge in [-0.15, -0.1) is 0 Å². The van der Waals surface area contributed by atoms with Gasteiger partial charge in [0.25, 0.3) is 0 Å². The van der Waals surface area contributed by atoms with E-state index in [0.717, 1.165) is 12.1 Å². The highest BCUT2D eigenvalue weighted by Gasteiger charge is 2.05. The summed E-state index contributed by atoms with van der Waals surface area (Å²) >= 11 is 1.71. The summed E-state index contributed by atoms with van der Waals surface area (Å²) in [5.74, 6) is 0.592. The lowest BCUT2D eigenvalue weighted by Crippen LogP contribution is -2.32. The zero-order valence-corrected chi connectivity index (χ0v) is 14.1. The maximum atomic E-state index is 9.82. The van der Waals surface area contributed by atoms with E-state index in [4.69, 9.17) is 4.74 Å². The SMILES string of the molecule is CC(C)CNCC(O)COCc1ccc(-c2ccsc2)cc1. The summed E-state index contributed by atoms with van der Waals surface area (Å²) in [4.78, 5) is 0. The number of rotatable bonds is 9. The molecule has 0 saturated heterocycles. The van der Waals surface area contributed by atoms with Crippen LogP contribution in [0.15, 0.2) is 41.1 Å². The van der Waals surface area contributed by atoms with Crippen molar-refractivity contribution in [1.29, 1.82) is 0 Å². The van der Waals surface area contributed by atoms with Crippen LogP contribution in [0, 0.1) is 5.92 Å². The third kappa shape index (κ3) is 5.89. The van der Waals surface area contributed by atoms with Crippen molar-refractivity contribution >= 4 is 11.3 Å². The van der Waals surface area contributed by atoms with Crippen LogP contribution in [-0.2, 0) is 11.3 Å². The number of aliphatic hydroxyl groups is 1. The second-order valence-electron chi connectivity index (χ2n) is 5.93. The molecule has 0 amide bonds. The average molecular weight is 319 g/mol. The third-order valence-electron chi connectivity index (χ3n) is 3.32. The maximum Gasteiger partial charge on any atom is 0.0897 e. The number of benzene rings is 1. The summed E-state index contributed by atoms with van der Waals surface area (Å²) in [5, 5.41) is 17.3. The molecule has 0 saturated carbocycles. The highest BCUT2D eigenvalue weighted by Crippen LogP contribution is 2.22. The fourth-order valence-electron chi connectivity index (χ4n) is 2.13. The molecule has 2 rings (SSSR count). The van der Waals surface area contributed by atoms with Crippen LogP contribution in [0.25, 0.3) is 11.1 Å². The monoisotopic (exact) mass is 319 g/mol. The van der Waals surface area contributed by atoms with Gasteiger partial charge in [-0.05, 0) is 46.0 Å². The van der Waals surface area contributed by atoms with Gasteiger partial charge in [0.2, 0.25) is 0 Å². The van der Waals surface area contributed by atoms with Crippen LogP contribution in [0.3, 0.4) is 0 Å². The van der Waals surface area contributed by atoms with Crippen molar-refractivity contribution in [3.63, 3.8) is 0 Å². The van der Waals surface area contributed by atoms with Gasteiger partial charge in [-0.2, -0.15) is 11.3 Å². The first kappa shape index (κ1) is 17.2. The van der Waals surface area contributed by atoms with Gasteiger partial charge in [0, 0.05) is 6.54 Å². The minimum Gasteiger partial charge on any atom is -0.389 e. The molecule has 4 heteroatoms. The first-order valence-corrected chi connectivity index (χ1v) is 8.67. The smallest absolute Gasteiger partial charge is 0.0897 e. The Hall–Kier alpha value is -1.20. The van der Waals surface area contributed by atoms with Gasteiger partial charge in [0.1, 0.15) is 0 Å². The number of hydrogen-bond donors (Lipinski definition) is 2. The van der Waals surface area contributed by atoms with Crippen LogP contribution in [-0.4, -0.2) is 30.9 Å². The van der Waals surface area contributed by atoms with Gasteiger partial charge in [-0.1, -0.05) is 38.1 Å². The van der Waals surface area contributed by atoms with E-state index in [1.807, 2.05) is 0 Å². The lowest BCUT2D eigenvalue weighted by molar-refractivity contribution is 0.0286. The molecular formula is C18H25NO2S. The number of nitrogens with one attached hydrogen (secondary N) is 1. The lowest BCUT2D eigenvalue weighted by Gasteiger charge is -2.13. The minimum atomic E-state index is -0.455. The van der Waals surface area contributed by atoms with Crippen LogP contribution in [0.4, 0.5) is 0 Å². The Balaban J connectivity index is 1.69. The van der Waals surface area contributed by atoms with Gasteiger partial charge in [-0.25, -0.2) is 0 Å². The Labute approximate surface area is 137 Å². The highest BCUT2D eigenvalue weighted by molar-refractivity contribution is 7.08. The van der Waals surface area contributed by atoms with E-state index in [9.17, 15) is 5.11 Å². The average Bonchev–Trinajstić information content (AvgIpc) is 3.02. The van der Waals surface area contributed by atoms with Gasteiger partial charge in [-0.3, -0.25) is 0 Å². The van der Waals surface area contributed by atoms with Gasteiger partial charge in [0.15, 0.2) is 0 Å². The van der Waals surface area contributed by atoms with Crippen LogP contribution in [0.5, 0.6) is 0 Å². The van der Waals surface area contributed by atoms with Crippen molar-refractivity contribution in [2.24, 2.45) is 5.92 Å². The Morgan fingerprint density at radius 3 is 2.50 bits per heavy atom. The maximum absolute atomic E-state index is 9.82. The van der Waals surface area contributed by atoms with E-state index in [0.29, 0.717) is 25.7 Å². The quantitative estimate of drug-likeness (QED) is 0.743. The van der Waals surface area contributed by atoms with E-state index >= 15 is 0 Å². The van der Waals surface area contributed by atoms with Crippen LogP contribution in [0.1, 0.15) is 19.4 Å². The fraction of sp³-hybridized carbons (Fsp3) is 0.444. The number of aliphatic hydroxyl groups excluding tert-OH is 1. The van der Waals surface area contributed by atoms with Crippen LogP contribution in [0.2, 0.25) is 0 Å². The van der Waals surface area contributed by atoms with Crippen molar-refractivity contribution in [2.45, 2.75) is 26.6 Å². The zero-order valence-electron chi connectivity index (χ0n) is 13.3. The fourth-order valence-corrected chi connectivity index (χ4v) is 2.80. The van der Waals surface area contributed by atoms with Gasteiger partial charge in [0.05, 0.1) is 19.3 Å². The van der Waals surface area contributed by atoms with Crippen LogP contribution < -0.4 is 5.32 Å². The predicted molar refractivity (Wildman–Crippen MR) is 93.1 cm³/mol. The van der Waals surface area contributed by atoms with E-state index in [1.165, 1.54) is 11.1 Å². The predicted octanol–water partition coefficient (Wildman–Crippen LogP) is 3.54. The minimum absolute atomic E-state index is 0.359. The second kappa shape index (κ2) is 9.06. The largest absolute Gasteiger partial charge is 0.389 e. The standard InChI is InChI=1S/C18H25NO2S/c1-14(2)9-19-10-18(20)12-21-11-15-3-5-16(6-4-15)17-7-8-22-13-17/h3-8,13-14,18-20H,9-12H2,1-2H3. The Bertz CT molecular complexity index is 523. The molecular weight excluding hydrogens is 294 g/mol. The topological polar surface area (TPSA) is 41.5 Å². The molecule has 0 aliphatic rings. The van der Waals surface area contributed by atoms with Crippen molar-refractivity contribution in [3.8, 4) is 11.1 Å². The van der Waals surface area contributed by atoms with E-state index in [-0.39, 0.29) is 0 Å². The Kier molecular flexibility index (Phi) is 7.06. The zero-order chi connectivity index (χ0) is 15.8. The van der Waals surface area contributed by atoms with E-state index < -0.39 is 6.10 Å². The molecule has 0 spiro atoms. The van der Waals surface area contributed by atoms with E-state index in [1.54, 1.807) is 11.3 Å². The molecule has 120 valence electrons. The molecule has 1 unspecified atom stereocenters. The molecule has 1 aromatic carbocycles. The van der Waals surface area contributed by atoms with E-state index in [2.05, 4.69) is 60.3 Å². The molecule has 0 bridgehead atoms. The molecule has 1 aromatic heterocycles. The molecule has 1 atom stereocenters. The summed E-state index contributed by atoms with van der Waals surface area (Å²) in [6.45, 7) is 6.68. The summed E-state index contributed by atoms with van der Waals surface area (Å²) in [6, 6.07) is 10.5. The molecule has 2 N–H and O–H groups in total. The van der Waals surface area contributed by atoms with Crippen molar-refractivity contribution < 1.29 is 9.84 Å². The molecule has 22 heavy (non-hydrogen) atoms. The molecule has 0 aliphatic carbocycles. The van der Waals surface area contributed by atoms with Crippen molar-refractivity contribution in [1.82, 2.24) is 5.32 Å². The van der Waals surface area contributed by atoms with Gasteiger partial charge >= 0.3 is 0 Å². The van der Waals surface area contributed by atoms with Crippen LogP contribution >= 0.6 is 11.3 Å². The summed E-state index contributed by atoms with van der Waals surface area (Å²) in [7, 11) is 0. The van der Waals surface area contributed by atoms with Gasteiger partial charge < -0.3 is 15.2 Å². The second-order valence-corrected chi connectivity index (χ2v) is 6.71. The molecule has 3 nitrogen and oxygen atoms in total. The molecule has 0 fully saturated rings. The summed E-state index contributed by atoms with van der Waals surface area (Å²) < 4.78 is 5.58. The third-order valence-corrected chi connectivity index (χ3v) is 4.00. The highest BCUT2D eigenvalue weighted by atomic mass is 32.1. The van der Waals surface area contributed by atoms with Crippen molar-refractivity contribution in [3.05, 3.63) is 46.7 Å². The first-order valence-electron chi connectivity index (χ1n) is 7.73. The first-order chi connectivity index (χ1) is 10.6. The Morgan fingerprint density at radius 2 is 1.86 bits per heavy atom. The number of thiophene rings is 1. The molecule has 1 heterocycles. The molecule has 0 radical (unpaired) electrons.